The van der Waals surface area contributed by atoms with Crippen LogP contribution in [0.2, 0.25) is 0 Å². The summed E-state index contributed by atoms with van der Waals surface area (Å²) in [5, 5.41) is 10.3. The Morgan fingerprint density at radius 2 is 1.94 bits per heavy atom. The van der Waals surface area contributed by atoms with Crippen LogP contribution in [0.1, 0.15) is 22.9 Å². The third-order valence-corrected chi connectivity index (χ3v) is 2.80. The van der Waals surface area contributed by atoms with Gasteiger partial charge in [0.05, 0.1) is 5.69 Å². The number of pyridine rings is 1. The molecule has 0 fully saturated rings. The van der Waals surface area contributed by atoms with Crippen LogP contribution >= 0.6 is 0 Å². The molecule has 0 saturated carbocycles. The van der Waals surface area contributed by atoms with Gasteiger partial charge in [-0.25, -0.2) is 0 Å². The van der Waals surface area contributed by atoms with Crippen LogP contribution in [0, 0.1) is 0 Å². The number of nitrogens with zero attached hydrogens (tertiary/aromatic N) is 1. The molecule has 1 atom stereocenters. The molecule has 16 heavy (non-hydrogen) atoms. The van der Waals surface area contributed by atoms with Gasteiger partial charge in [-0.1, -0.05) is 24.3 Å². The first-order chi connectivity index (χ1) is 7.86. The van der Waals surface area contributed by atoms with E-state index in [1.807, 2.05) is 36.4 Å². The Bertz CT molecular complexity index is 477. The summed E-state index contributed by atoms with van der Waals surface area (Å²) in [6, 6.07) is 11.3. The number of hydrogen-bond donors (Lipinski definition) is 1. The van der Waals surface area contributed by atoms with Gasteiger partial charge < -0.3 is 9.84 Å². The summed E-state index contributed by atoms with van der Waals surface area (Å²) in [6.45, 7) is 0.407. The van der Waals surface area contributed by atoms with Gasteiger partial charge in [-0.3, -0.25) is 4.98 Å². The summed E-state index contributed by atoms with van der Waals surface area (Å²) in [7, 11) is 0. The Hall–Kier alpha value is -1.87. The van der Waals surface area contributed by atoms with Gasteiger partial charge in [0.15, 0.2) is 0 Å². The number of aliphatic hydroxyl groups is 1. The summed E-state index contributed by atoms with van der Waals surface area (Å²) < 4.78 is 5.62. The number of aliphatic hydroxyl groups excluding tert-OH is 1. The van der Waals surface area contributed by atoms with Gasteiger partial charge in [0.1, 0.15) is 18.5 Å². The third kappa shape index (κ3) is 1.37. The number of rotatable bonds is 0. The number of para-hydroxylation sites is 1. The van der Waals surface area contributed by atoms with Crippen molar-refractivity contribution in [3.05, 3.63) is 59.4 Å². The van der Waals surface area contributed by atoms with Crippen molar-refractivity contribution in [3.63, 3.8) is 0 Å². The SMILES string of the molecule is O[C@@H]1c2ccccc2OCc2ncccc21. The number of hydrogen-bond acceptors (Lipinski definition) is 3. The molecule has 0 radical (unpaired) electrons. The highest BCUT2D eigenvalue weighted by molar-refractivity contribution is 5.43. The maximum absolute atomic E-state index is 10.3. The molecule has 0 amide bonds. The molecule has 0 saturated heterocycles. The predicted molar refractivity (Wildman–Crippen MR) is 59.1 cm³/mol. The first kappa shape index (κ1) is 9.36. The van der Waals surface area contributed by atoms with Gasteiger partial charge in [0.2, 0.25) is 0 Å². The van der Waals surface area contributed by atoms with Gasteiger partial charge in [-0.15, -0.1) is 0 Å². The van der Waals surface area contributed by atoms with Crippen molar-refractivity contribution in [3.8, 4) is 5.75 Å². The van der Waals surface area contributed by atoms with Crippen LogP contribution in [0.3, 0.4) is 0 Å². The molecule has 1 aliphatic rings. The first-order valence-electron chi connectivity index (χ1n) is 5.20. The van der Waals surface area contributed by atoms with Gasteiger partial charge in [0, 0.05) is 17.3 Å². The standard InChI is InChI=1S/C13H11NO2/c15-13-9-5-3-7-14-11(9)8-16-12-6-2-1-4-10(12)13/h1-7,13,15H,8H2/t13-/m0/s1. The Morgan fingerprint density at radius 3 is 2.88 bits per heavy atom. The molecule has 3 heteroatoms. The van der Waals surface area contributed by atoms with E-state index in [-0.39, 0.29) is 0 Å². The molecule has 80 valence electrons. The Kier molecular flexibility index (Phi) is 2.11. The minimum absolute atomic E-state index is 0.407. The number of ether oxygens (including phenoxy) is 1. The lowest BCUT2D eigenvalue weighted by Gasteiger charge is -2.11. The number of fused-ring (bicyclic) bond motifs is 2. The second-order valence-corrected chi connectivity index (χ2v) is 3.77. The molecule has 3 nitrogen and oxygen atoms in total. The first-order valence-corrected chi connectivity index (χ1v) is 5.20. The average Bonchev–Trinajstić information content (AvgIpc) is 2.49. The van der Waals surface area contributed by atoms with Crippen LogP contribution in [-0.2, 0) is 6.61 Å². The molecule has 1 aromatic carbocycles. The minimum Gasteiger partial charge on any atom is -0.487 e. The smallest absolute Gasteiger partial charge is 0.131 e. The highest BCUT2D eigenvalue weighted by atomic mass is 16.5. The highest BCUT2D eigenvalue weighted by Crippen LogP contribution is 2.34. The van der Waals surface area contributed by atoms with Crippen LogP contribution < -0.4 is 4.74 Å². The molecule has 2 heterocycles. The van der Waals surface area contributed by atoms with Crippen molar-refractivity contribution >= 4 is 0 Å². The number of aromatic nitrogens is 1. The van der Waals surface area contributed by atoms with Gasteiger partial charge in [0.25, 0.3) is 0 Å². The molecular weight excluding hydrogens is 202 g/mol. The predicted octanol–water partition coefficient (Wildman–Crippen LogP) is 2.06. The van der Waals surface area contributed by atoms with Crippen molar-refractivity contribution in [2.75, 3.05) is 0 Å². The van der Waals surface area contributed by atoms with E-state index in [4.69, 9.17) is 4.74 Å². The molecule has 1 aromatic heterocycles. The van der Waals surface area contributed by atoms with E-state index in [0.29, 0.717) is 6.61 Å². The molecular formula is C13H11NO2. The van der Waals surface area contributed by atoms with Gasteiger partial charge in [-0.2, -0.15) is 0 Å². The van der Waals surface area contributed by atoms with Crippen LogP contribution in [0.5, 0.6) is 5.75 Å². The lowest BCUT2D eigenvalue weighted by atomic mass is 10.0. The highest BCUT2D eigenvalue weighted by Gasteiger charge is 2.22. The zero-order valence-corrected chi connectivity index (χ0v) is 8.63. The zero-order chi connectivity index (χ0) is 11.0. The van der Waals surface area contributed by atoms with E-state index < -0.39 is 6.10 Å². The van der Waals surface area contributed by atoms with E-state index in [1.54, 1.807) is 6.20 Å². The molecule has 0 unspecified atom stereocenters. The molecule has 0 aliphatic carbocycles. The number of benzene rings is 1. The molecule has 1 aliphatic heterocycles. The average molecular weight is 213 g/mol. The van der Waals surface area contributed by atoms with Crippen LogP contribution in [-0.4, -0.2) is 10.1 Å². The van der Waals surface area contributed by atoms with Crippen molar-refractivity contribution in [1.82, 2.24) is 4.98 Å². The van der Waals surface area contributed by atoms with Crippen molar-refractivity contribution in [2.24, 2.45) is 0 Å². The fourth-order valence-corrected chi connectivity index (χ4v) is 1.97. The molecule has 3 rings (SSSR count). The minimum atomic E-state index is -0.651. The molecule has 0 bridgehead atoms. The second kappa shape index (κ2) is 3.61. The van der Waals surface area contributed by atoms with E-state index >= 15 is 0 Å². The lowest BCUT2D eigenvalue weighted by molar-refractivity contribution is 0.218. The fourth-order valence-electron chi connectivity index (χ4n) is 1.97. The van der Waals surface area contributed by atoms with Crippen LogP contribution in [0.25, 0.3) is 0 Å². The topological polar surface area (TPSA) is 42.4 Å². The quantitative estimate of drug-likeness (QED) is 0.728. The maximum Gasteiger partial charge on any atom is 0.131 e. The van der Waals surface area contributed by atoms with Crippen LogP contribution in [0.4, 0.5) is 0 Å². The molecule has 2 aromatic rings. The monoisotopic (exact) mass is 213 g/mol. The summed E-state index contributed by atoms with van der Waals surface area (Å²) >= 11 is 0. The second-order valence-electron chi connectivity index (χ2n) is 3.77. The summed E-state index contributed by atoms with van der Waals surface area (Å²) in [5.74, 6) is 0.730. The zero-order valence-electron chi connectivity index (χ0n) is 8.63. The fraction of sp³-hybridized carbons (Fsp3) is 0.154. The van der Waals surface area contributed by atoms with E-state index in [0.717, 1.165) is 22.6 Å². The summed E-state index contributed by atoms with van der Waals surface area (Å²) in [5.41, 5.74) is 2.42. The summed E-state index contributed by atoms with van der Waals surface area (Å²) in [6.07, 6.45) is 1.06. The van der Waals surface area contributed by atoms with Crippen molar-refractivity contribution in [1.29, 1.82) is 0 Å². The van der Waals surface area contributed by atoms with E-state index in [2.05, 4.69) is 4.98 Å². The van der Waals surface area contributed by atoms with Crippen molar-refractivity contribution in [2.45, 2.75) is 12.7 Å². The normalized spacial score (nSPS) is 17.9. The lowest BCUT2D eigenvalue weighted by Crippen LogP contribution is -2.02. The largest absolute Gasteiger partial charge is 0.487 e. The van der Waals surface area contributed by atoms with E-state index in [9.17, 15) is 5.11 Å². The summed E-state index contributed by atoms with van der Waals surface area (Å²) in [4.78, 5) is 4.23. The Labute approximate surface area is 93.3 Å². The molecule has 1 N–H and O–H groups in total. The van der Waals surface area contributed by atoms with Crippen LogP contribution in [0.15, 0.2) is 42.6 Å². The maximum atomic E-state index is 10.3. The Balaban J connectivity index is 2.18. The van der Waals surface area contributed by atoms with Gasteiger partial charge >= 0.3 is 0 Å². The van der Waals surface area contributed by atoms with E-state index in [1.165, 1.54) is 0 Å². The third-order valence-electron chi connectivity index (χ3n) is 2.80. The Morgan fingerprint density at radius 1 is 1.12 bits per heavy atom. The van der Waals surface area contributed by atoms with Crippen molar-refractivity contribution < 1.29 is 9.84 Å². The van der Waals surface area contributed by atoms with Gasteiger partial charge in [-0.05, 0) is 12.1 Å². The molecule has 0 spiro atoms.